The highest BCUT2D eigenvalue weighted by atomic mass is 32.1. The van der Waals surface area contributed by atoms with Gasteiger partial charge in [-0.2, -0.15) is 11.3 Å². The van der Waals surface area contributed by atoms with Crippen molar-refractivity contribution in [2.75, 3.05) is 0 Å². The van der Waals surface area contributed by atoms with Gasteiger partial charge in [0, 0.05) is 12.8 Å². The summed E-state index contributed by atoms with van der Waals surface area (Å²) in [5.74, 6) is -0.589. The quantitative estimate of drug-likeness (QED) is 0.667. The monoisotopic (exact) mass is 320 g/mol. The van der Waals surface area contributed by atoms with Crippen molar-refractivity contribution < 1.29 is 14.5 Å². The van der Waals surface area contributed by atoms with Gasteiger partial charge in [-0.15, -0.1) is 0 Å². The number of allylic oxidation sites excluding steroid dienone is 2. The molecule has 0 spiro atoms. The summed E-state index contributed by atoms with van der Waals surface area (Å²) >= 11 is 1.43. The second kappa shape index (κ2) is 4.95. The molecule has 1 aliphatic carbocycles. The lowest BCUT2D eigenvalue weighted by Crippen LogP contribution is -2.35. The van der Waals surface area contributed by atoms with E-state index >= 15 is 0 Å². The van der Waals surface area contributed by atoms with Crippen molar-refractivity contribution in [2.45, 2.75) is 32.6 Å². The highest BCUT2D eigenvalue weighted by Gasteiger charge is 2.47. The molecule has 1 atom stereocenters. The van der Waals surface area contributed by atoms with Crippen LogP contribution in [0.25, 0.3) is 0 Å². The van der Waals surface area contributed by atoms with Gasteiger partial charge < -0.3 is 10.5 Å². The maximum atomic E-state index is 12.6. The zero-order valence-corrected chi connectivity index (χ0v) is 13.1. The fourth-order valence-electron chi connectivity index (χ4n) is 3.11. The first kappa shape index (κ1) is 14.8. The van der Waals surface area contributed by atoms with E-state index in [4.69, 9.17) is 10.5 Å². The Morgan fingerprint density at radius 1 is 1.45 bits per heavy atom. The van der Waals surface area contributed by atoms with E-state index in [2.05, 4.69) is 0 Å². The molecule has 0 saturated heterocycles. The Hall–Kier alpha value is -2.15. The van der Waals surface area contributed by atoms with Crippen LogP contribution < -0.4 is 5.73 Å². The molecule has 0 radical (unpaired) electrons. The predicted octanol–water partition coefficient (Wildman–Crippen LogP) is 2.91. The normalized spacial score (nSPS) is 24.1. The number of Topliss-reactive ketones (excluding diaryl/α,β-unsaturated/α-hetero) is 1. The zero-order valence-electron chi connectivity index (χ0n) is 12.3. The number of thiophene rings is 1. The number of nitro groups is 1. The van der Waals surface area contributed by atoms with E-state index in [1.54, 1.807) is 6.07 Å². The van der Waals surface area contributed by atoms with Gasteiger partial charge in [-0.1, -0.05) is 13.8 Å². The number of hydrogen-bond donors (Lipinski definition) is 1. The van der Waals surface area contributed by atoms with Crippen LogP contribution in [0.3, 0.4) is 0 Å². The van der Waals surface area contributed by atoms with Crippen LogP contribution in [0.2, 0.25) is 0 Å². The molecule has 0 amide bonds. The minimum atomic E-state index is -0.742. The van der Waals surface area contributed by atoms with Crippen molar-refractivity contribution >= 4 is 17.1 Å². The summed E-state index contributed by atoms with van der Waals surface area (Å²) in [6.07, 6.45) is 0.890. The molecule has 1 aromatic heterocycles. The first-order valence-electron chi connectivity index (χ1n) is 6.90. The predicted molar refractivity (Wildman–Crippen MR) is 81.4 cm³/mol. The Morgan fingerprint density at radius 2 is 2.18 bits per heavy atom. The van der Waals surface area contributed by atoms with E-state index in [-0.39, 0.29) is 22.8 Å². The number of carbonyl (C=O) groups excluding carboxylic acids is 1. The first-order valence-corrected chi connectivity index (χ1v) is 7.84. The summed E-state index contributed by atoms with van der Waals surface area (Å²) in [5, 5.41) is 15.1. The number of carbonyl (C=O) groups is 1. The molecule has 0 saturated carbocycles. The first-order chi connectivity index (χ1) is 10.3. The van der Waals surface area contributed by atoms with Gasteiger partial charge >= 0.3 is 5.70 Å². The van der Waals surface area contributed by atoms with Gasteiger partial charge in [0.25, 0.3) is 5.88 Å². The number of hydrogen-bond acceptors (Lipinski definition) is 6. The molecular formula is C15H16N2O4S. The fourth-order valence-corrected chi connectivity index (χ4v) is 3.80. The molecule has 0 fully saturated rings. The average Bonchev–Trinajstić information content (AvgIpc) is 2.88. The molecule has 0 aromatic carbocycles. The zero-order chi connectivity index (χ0) is 16.1. The Labute approximate surface area is 131 Å². The van der Waals surface area contributed by atoms with Gasteiger partial charge in [0.15, 0.2) is 5.78 Å². The Morgan fingerprint density at radius 3 is 2.77 bits per heavy atom. The molecule has 1 aromatic rings. The Bertz CT molecular complexity index is 716. The van der Waals surface area contributed by atoms with Crippen LogP contribution >= 0.6 is 11.3 Å². The van der Waals surface area contributed by atoms with Gasteiger partial charge in [0.2, 0.25) is 0 Å². The minimum absolute atomic E-state index is 0.103. The smallest absolute Gasteiger partial charge is 0.317 e. The van der Waals surface area contributed by atoms with Gasteiger partial charge in [0.05, 0.1) is 10.5 Å². The molecule has 6 nitrogen and oxygen atoms in total. The third-order valence-electron chi connectivity index (χ3n) is 4.00. The number of rotatable bonds is 2. The van der Waals surface area contributed by atoms with E-state index in [1.807, 2.05) is 24.6 Å². The standard InChI is InChI=1S/C15H16N2O4S/c1-15(2)5-9(18)12-10(6-15)21-14(16)13(17(19)20)11(12)8-3-4-22-7-8/h3-4,7,11H,5-6,16H2,1-2H3. The number of ketones is 1. The highest BCUT2D eigenvalue weighted by Crippen LogP contribution is 2.48. The van der Waals surface area contributed by atoms with E-state index in [9.17, 15) is 14.9 Å². The summed E-state index contributed by atoms with van der Waals surface area (Å²) in [6.45, 7) is 3.95. The van der Waals surface area contributed by atoms with E-state index in [0.29, 0.717) is 29.7 Å². The van der Waals surface area contributed by atoms with E-state index in [1.165, 1.54) is 11.3 Å². The molecule has 22 heavy (non-hydrogen) atoms. The van der Waals surface area contributed by atoms with Crippen molar-refractivity contribution in [1.29, 1.82) is 0 Å². The lowest BCUT2D eigenvalue weighted by Gasteiger charge is -2.35. The largest absolute Gasteiger partial charge is 0.440 e. The SMILES string of the molecule is CC1(C)CC(=O)C2=C(C1)OC(N)=C([N+](=O)[O-])C2c1ccsc1. The number of nitrogens with zero attached hydrogens (tertiary/aromatic N) is 1. The van der Waals surface area contributed by atoms with Crippen molar-refractivity contribution in [2.24, 2.45) is 11.1 Å². The third-order valence-corrected chi connectivity index (χ3v) is 4.70. The lowest BCUT2D eigenvalue weighted by atomic mass is 9.71. The van der Waals surface area contributed by atoms with Crippen LogP contribution in [0, 0.1) is 15.5 Å². The molecule has 1 unspecified atom stereocenters. The average molecular weight is 320 g/mol. The number of nitrogens with two attached hydrogens (primary N) is 1. The van der Waals surface area contributed by atoms with Crippen LogP contribution in [0.4, 0.5) is 0 Å². The maximum absolute atomic E-state index is 12.6. The van der Waals surface area contributed by atoms with Crippen LogP contribution in [-0.2, 0) is 9.53 Å². The molecular weight excluding hydrogens is 304 g/mol. The fraction of sp³-hybridized carbons (Fsp3) is 0.400. The molecule has 3 rings (SSSR count). The second-order valence-corrected chi connectivity index (χ2v) is 7.16. The summed E-state index contributed by atoms with van der Waals surface area (Å²) in [6, 6.07) is 1.79. The number of ether oxygens (including phenoxy) is 1. The van der Waals surface area contributed by atoms with Crippen LogP contribution in [0.1, 0.15) is 38.2 Å². The minimum Gasteiger partial charge on any atom is -0.440 e. The highest BCUT2D eigenvalue weighted by molar-refractivity contribution is 7.08. The molecule has 2 aliphatic rings. The third kappa shape index (κ3) is 2.31. The summed E-state index contributed by atoms with van der Waals surface area (Å²) in [7, 11) is 0. The van der Waals surface area contributed by atoms with Crippen LogP contribution in [-0.4, -0.2) is 10.7 Å². The van der Waals surface area contributed by atoms with E-state index in [0.717, 1.165) is 0 Å². The summed E-state index contributed by atoms with van der Waals surface area (Å²) in [5.41, 5.74) is 6.41. The topological polar surface area (TPSA) is 95.5 Å². The molecule has 1 aliphatic heterocycles. The van der Waals surface area contributed by atoms with Crippen LogP contribution in [0.5, 0.6) is 0 Å². The van der Waals surface area contributed by atoms with Crippen molar-refractivity contribution in [3.63, 3.8) is 0 Å². The van der Waals surface area contributed by atoms with Crippen molar-refractivity contribution in [3.8, 4) is 0 Å². The second-order valence-electron chi connectivity index (χ2n) is 6.38. The molecule has 116 valence electrons. The van der Waals surface area contributed by atoms with E-state index < -0.39 is 10.8 Å². The Kier molecular flexibility index (Phi) is 3.32. The molecule has 2 heterocycles. The molecule has 7 heteroatoms. The lowest BCUT2D eigenvalue weighted by molar-refractivity contribution is -0.433. The maximum Gasteiger partial charge on any atom is 0.317 e. The van der Waals surface area contributed by atoms with Crippen molar-refractivity contribution in [1.82, 2.24) is 0 Å². The molecule has 2 N–H and O–H groups in total. The van der Waals surface area contributed by atoms with Gasteiger partial charge in [0.1, 0.15) is 11.7 Å². The van der Waals surface area contributed by atoms with Gasteiger partial charge in [-0.05, 0) is 27.8 Å². The summed E-state index contributed by atoms with van der Waals surface area (Å²) < 4.78 is 5.48. The molecule has 0 bridgehead atoms. The van der Waals surface area contributed by atoms with Crippen molar-refractivity contribution in [3.05, 3.63) is 55.4 Å². The summed E-state index contributed by atoms with van der Waals surface area (Å²) in [4.78, 5) is 23.5. The van der Waals surface area contributed by atoms with Gasteiger partial charge in [-0.25, -0.2) is 0 Å². The van der Waals surface area contributed by atoms with Crippen LogP contribution in [0.15, 0.2) is 39.7 Å². The Balaban J connectivity index is 2.18. The van der Waals surface area contributed by atoms with Gasteiger partial charge in [-0.3, -0.25) is 14.9 Å².